The van der Waals surface area contributed by atoms with Crippen molar-refractivity contribution in [3.63, 3.8) is 0 Å². The number of carboxylic acids is 1. The normalized spacial score (nSPS) is 19.9. The zero-order chi connectivity index (χ0) is 19.6. The number of piperidine rings is 1. The third kappa shape index (κ3) is 4.76. The molecule has 1 fully saturated rings. The molecule has 27 heavy (non-hydrogen) atoms. The van der Waals surface area contributed by atoms with Crippen molar-refractivity contribution in [2.24, 2.45) is 11.8 Å². The fraction of sp³-hybridized carbons (Fsp3) is 0.476. The quantitative estimate of drug-likeness (QED) is 0.837. The molecule has 6 heteroatoms. The van der Waals surface area contributed by atoms with E-state index in [-0.39, 0.29) is 18.7 Å². The molecule has 6 nitrogen and oxygen atoms in total. The SMILES string of the molecule is Cc1cc(N2C[C@H](C)C[C@H](C)C2)nc2ccc(NC(=O)CCC(=O)O)cc12. The molecule has 1 aliphatic heterocycles. The van der Waals surface area contributed by atoms with Crippen LogP contribution in [0.15, 0.2) is 24.3 Å². The van der Waals surface area contributed by atoms with Crippen molar-refractivity contribution in [3.05, 3.63) is 29.8 Å². The van der Waals surface area contributed by atoms with Crippen molar-refractivity contribution in [3.8, 4) is 0 Å². The zero-order valence-electron chi connectivity index (χ0n) is 16.2. The minimum Gasteiger partial charge on any atom is -0.481 e. The van der Waals surface area contributed by atoms with Gasteiger partial charge in [-0.1, -0.05) is 13.8 Å². The van der Waals surface area contributed by atoms with E-state index in [0.717, 1.165) is 35.4 Å². The molecule has 1 aromatic carbocycles. The Morgan fingerprint density at radius 1 is 1.19 bits per heavy atom. The maximum atomic E-state index is 11.9. The van der Waals surface area contributed by atoms with Gasteiger partial charge in [0.05, 0.1) is 11.9 Å². The molecule has 3 rings (SSSR count). The molecule has 0 saturated carbocycles. The Kier molecular flexibility index (Phi) is 5.63. The van der Waals surface area contributed by atoms with Gasteiger partial charge in [0.2, 0.25) is 5.91 Å². The van der Waals surface area contributed by atoms with E-state index in [2.05, 4.69) is 37.1 Å². The predicted molar refractivity (Wildman–Crippen MR) is 107 cm³/mol. The van der Waals surface area contributed by atoms with E-state index in [9.17, 15) is 9.59 Å². The average Bonchev–Trinajstić information content (AvgIpc) is 2.59. The number of pyridine rings is 1. The monoisotopic (exact) mass is 369 g/mol. The maximum absolute atomic E-state index is 11.9. The number of hydrogen-bond donors (Lipinski definition) is 2. The third-order valence-electron chi connectivity index (χ3n) is 5.04. The first-order valence-electron chi connectivity index (χ1n) is 9.50. The summed E-state index contributed by atoms with van der Waals surface area (Å²) in [4.78, 5) is 29.7. The minimum absolute atomic E-state index is 0.0329. The molecule has 0 bridgehead atoms. The van der Waals surface area contributed by atoms with Gasteiger partial charge in [-0.3, -0.25) is 9.59 Å². The Labute approximate surface area is 159 Å². The molecule has 2 atom stereocenters. The van der Waals surface area contributed by atoms with E-state index in [0.29, 0.717) is 17.5 Å². The van der Waals surface area contributed by atoms with Crippen molar-refractivity contribution in [1.82, 2.24) is 4.98 Å². The highest BCUT2D eigenvalue weighted by atomic mass is 16.4. The first-order valence-corrected chi connectivity index (χ1v) is 9.50. The smallest absolute Gasteiger partial charge is 0.303 e. The van der Waals surface area contributed by atoms with Crippen LogP contribution < -0.4 is 10.2 Å². The summed E-state index contributed by atoms with van der Waals surface area (Å²) in [5, 5.41) is 12.4. The van der Waals surface area contributed by atoms with Gasteiger partial charge in [-0.2, -0.15) is 0 Å². The largest absolute Gasteiger partial charge is 0.481 e. The summed E-state index contributed by atoms with van der Waals surface area (Å²) in [6.45, 7) is 8.69. The Morgan fingerprint density at radius 2 is 1.89 bits per heavy atom. The summed E-state index contributed by atoms with van der Waals surface area (Å²) in [6.07, 6.45) is 1.05. The van der Waals surface area contributed by atoms with Crippen LogP contribution >= 0.6 is 0 Å². The van der Waals surface area contributed by atoms with Crippen LogP contribution in [0.5, 0.6) is 0 Å². The highest BCUT2D eigenvalue weighted by Gasteiger charge is 2.23. The number of nitrogens with one attached hydrogen (secondary N) is 1. The number of carbonyl (C=O) groups is 2. The van der Waals surface area contributed by atoms with Crippen LogP contribution in [-0.4, -0.2) is 35.1 Å². The van der Waals surface area contributed by atoms with Crippen molar-refractivity contribution in [2.75, 3.05) is 23.3 Å². The lowest BCUT2D eigenvalue weighted by molar-refractivity contribution is -0.138. The lowest BCUT2D eigenvalue weighted by Gasteiger charge is -2.36. The van der Waals surface area contributed by atoms with Gasteiger partial charge in [-0.25, -0.2) is 4.98 Å². The molecule has 2 heterocycles. The first kappa shape index (κ1) is 19.1. The molecule has 1 saturated heterocycles. The number of aliphatic carboxylic acids is 1. The maximum Gasteiger partial charge on any atom is 0.303 e. The van der Waals surface area contributed by atoms with Crippen LogP contribution in [0.4, 0.5) is 11.5 Å². The van der Waals surface area contributed by atoms with E-state index in [1.165, 1.54) is 6.42 Å². The number of nitrogens with zero attached hydrogens (tertiary/aromatic N) is 2. The number of rotatable bonds is 5. The van der Waals surface area contributed by atoms with E-state index in [4.69, 9.17) is 10.1 Å². The van der Waals surface area contributed by atoms with Gasteiger partial charge >= 0.3 is 5.97 Å². The van der Waals surface area contributed by atoms with E-state index in [1.54, 1.807) is 0 Å². The molecular weight excluding hydrogens is 342 g/mol. The Morgan fingerprint density at radius 3 is 2.56 bits per heavy atom. The second-order valence-electron chi connectivity index (χ2n) is 7.82. The fourth-order valence-corrected chi connectivity index (χ4v) is 3.91. The van der Waals surface area contributed by atoms with Gasteiger partial charge in [-0.15, -0.1) is 0 Å². The minimum atomic E-state index is -0.974. The summed E-state index contributed by atoms with van der Waals surface area (Å²) >= 11 is 0. The Hall–Kier alpha value is -2.63. The van der Waals surface area contributed by atoms with Crippen molar-refractivity contribution in [1.29, 1.82) is 0 Å². The number of fused-ring (bicyclic) bond motifs is 1. The van der Waals surface area contributed by atoms with Gasteiger partial charge in [0.15, 0.2) is 0 Å². The van der Waals surface area contributed by atoms with Gasteiger partial charge in [-0.05, 0) is 55.0 Å². The lowest BCUT2D eigenvalue weighted by atomic mass is 9.92. The fourth-order valence-electron chi connectivity index (χ4n) is 3.91. The highest BCUT2D eigenvalue weighted by molar-refractivity contribution is 5.95. The summed E-state index contributed by atoms with van der Waals surface area (Å²) in [5.41, 5.74) is 2.68. The van der Waals surface area contributed by atoms with Crippen LogP contribution in [0.1, 0.15) is 38.7 Å². The number of benzene rings is 1. The molecule has 0 unspecified atom stereocenters. The molecule has 2 N–H and O–H groups in total. The first-order chi connectivity index (χ1) is 12.8. The van der Waals surface area contributed by atoms with Gasteiger partial charge in [0.25, 0.3) is 0 Å². The van der Waals surface area contributed by atoms with Crippen LogP contribution in [0.2, 0.25) is 0 Å². The molecular formula is C21H27N3O3. The van der Waals surface area contributed by atoms with E-state index >= 15 is 0 Å². The molecule has 0 radical (unpaired) electrons. The lowest BCUT2D eigenvalue weighted by Crippen LogP contribution is -2.39. The predicted octanol–water partition coefficient (Wildman–Crippen LogP) is 3.83. The van der Waals surface area contributed by atoms with Gasteiger partial charge in [0.1, 0.15) is 5.82 Å². The number of aryl methyl sites for hydroxylation is 1. The number of hydrogen-bond acceptors (Lipinski definition) is 4. The second-order valence-corrected chi connectivity index (χ2v) is 7.82. The van der Waals surface area contributed by atoms with Crippen molar-refractivity contribution >= 4 is 34.3 Å². The summed E-state index contributed by atoms with van der Waals surface area (Å²) in [7, 11) is 0. The molecule has 1 aliphatic rings. The highest BCUT2D eigenvalue weighted by Crippen LogP contribution is 2.29. The molecule has 0 spiro atoms. The van der Waals surface area contributed by atoms with E-state index < -0.39 is 5.97 Å². The standard InChI is InChI=1S/C21H27N3O3/c1-13-8-14(2)12-24(11-13)19-9-15(3)17-10-16(4-5-18(17)23-19)22-20(25)6-7-21(26)27/h4-5,9-10,13-14H,6-8,11-12H2,1-3H3,(H,22,25)(H,26,27)/t13-,14+. The van der Waals surface area contributed by atoms with Crippen molar-refractivity contribution in [2.45, 2.75) is 40.0 Å². The van der Waals surface area contributed by atoms with Crippen molar-refractivity contribution < 1.29 is 14.7 Å². The average molecular weight is 369 g/mol. The van der Waals surface area contributed by atoms with Crippen LogP contribution in [0.25, 0.3) is 10.9 Å². The molecule has 1 amide bonds. The zero-order valence-corrected chi connectivity index (χ0v) is 16.2. The summed E-state index contributed by atoms with van der Waals surface area (Å²) in [6, 6.07) is 7.75. The third-order valence-corrected chi connectivity index (χ3v) is 5.04. The number of amides is 1. The van der Waals surface area contributed by atoms with Gasteiger partial charge < -0.3 is 15.3 Å². The van der Waals surface area contributed by atoms with Crippen LogP contribution in [-0.2, 0) is 9.59 Å². The van der Waals surface area contributed by atoms with Gasteiger partial charge in [0, 0.05) is 30.6 Å². The number of anilines is 2. The molecule has 144 valence electrons. The Bertz CT molecular complexity index is 855. The van der Waals surface area contributed by atoms with Crippen LogP contribution in [0, 0.1) is 18.8 Å². The molecule has 1 aromatic heterocycles. The molecule has 0 aliphatic carbocycles. The number of carboxylic acid groups (broad SMARTS) is 1. The van der Waals surface area contributed by atoms with E-state index in [1.807, 2.05) is 18.2 Å². The number of aromatic nitrogens is 1. The summed E-state index contributed by atoms with van der Waals surface area (Å²) < 4.78 is 0. The topological polar surface area (TPSA) is 82.5 Å². The molecule has 2 aromatic rings. The summed E-state index contributed by atoms with van der Waals surface area (Å²) in [5.74, 6) is 1.06. The Balaban J connectivity index is 1.81. The second kappa shape index (κ2) is 7.94. The number of carbonyl (C=O) groups excluding carboxylic acids is 1. The van der Waals surface area contributed by atoms with Crippen LogP contribution in [0.3, 0.4) is 0 Å².